The molecule has 4 aromatic carbocycles. The Balaban J connectivity index is 0.000000383. The Morgan fingerprint density at radius 2 is 1.28 bits per heavy atom. The molecule has 36 heavy (non-hydrogen) atoms. The molecule has 0 amide bonds. The summed E-state index contributed by atoms with van der Waals surface area (Å²) < 4.78 is 0. The highest BCUT2D eigenvalue weighted by Gasteiger charge is 2.07. The highest BCUT2D eigenvalue weighted by Crippen LogP contribution is 2.30. The summed E-state index contributed by atoms with van der Waals surface area (Å²) in [6.45, 7) is 3.79. The van der Waals surface area contributed by atoms with Gasteiger partial charge in [-0.2, -0.15) is 0 Å². The summed E-state index contributed by atoms with van der Waals surface area (Å²) in [6.07, 6.45) is 9.00. The van der Waals surface area contributed by atoms with E-state index >= 15 is 0 Å². The minimum absolute atomic E-state index is 0.791. The number of nitrogens with two attached hydrogens (primary N) is 3. The van der Waals surface area contributed by atoms with Crippen LogP contribution in [-0.2, 0) is 6.42 Å². The van der Waals surface area contributed by atoms with Crippen molar-refractivity contribution < 1.29 is 0 Å². The Morgan fingerprint density at radius 1 is 0.750 bits per heavy atom. The molecule has 0 aromatic heterocycles. The number of allylic oxidation sites excluding steroid dienone is 4. The zero-order chi connectivity index (χ0) is 26.0. The summed E-state index contributed by atoms with van der Waals surface area (Å²) in [4.78, 5) is 0. The zero-order valence-corrected chi connectivity index (χ0v) is 20.8. The van der Waals surface area contributed by atoms with Gasteiger partial charge in [-0.3, -0.25) is 11.3 Å². The van der Waals surface area contributed by atoms with Crippen molar-refractivity contribution in [1.29, 1.82) is 0 Å². The van der Waals surface area contributed by atoms with Crippen LogP contribution in [0.3, 0.4) is 0 Å². The van der Waals surface area contributed by atoms with Gasteiger partial charge in [0.2, 0.25) is 0 Å². The maximum atomic E-state index is 6.21. The lowest BCUT2D eigenvalue weighted by atomic mass is 9.95. The Kier molecular flexibility index (Phi) is 12.6. The Bertz CT molecular complexity index is 1230. The van der Waals surface area contributed by atoms with Gasteiger partial charge in [-0.25, -0.2) is 0 Å². The first kappa shape index (κ1) is 27.9. The van der Waals surface area contributed by atoms with Crippen molar-refractivity contribution in [2.75, 3.05) is 18.5 Å². The van der Waals surface area contributed by atoms with Crippen molar-refractivity contribution in [3.05, 3.63) is 151 Å². The van der Waals surface area contributed by atoms with Crippen LogP contribution in [0, 0.1) is 0 Å². The molecule has 0 saturated carbocycles. The van der Waals surface area contributed by atoms with E-state index in [0.717, 1.165) is 34.5 Å². The first-order valence-corrected chi connectivity index (χ1v) is 11.7. The van der Waals surface area contributed by atoms with Crippen molar-refractivity contribution in [1.82, 2.24) is 5.43 Å². The lowest BCUT2D eigenvalue weighted by molar-refractivity contribution is 0.900. The van der Waals surface area contributed by atoms with Crippen molar-refractivity contribution in [2.24, 2.45) is 5.84 Å². The second-order valence-corrected chi connectivity index (χ2v) is 7.85. The van der Waals surface area contributed by atoms with Crippen LogP contribution in [0.1, 0.15) is 11.1 Å². The number of rotatable bonds is 6. The molecule has 184 valence electrons. The lowest BCUT2D eigenvalue weighted by Gasteiger charge is -2.11. The van der Waals surface area contributed by atoms with E-state index in [2.05, 4.69) is 84.6 Å². The van der Waals surface area contributed by atoms with Gasteiger partial charge >= 0.3 is 0 Å². The highest BCUT2D eigenvalue weighted by atomic mass is 15.2. The molecule has 7 N–H and O–H groups in total. The molecule has 0 heterocycles. The van der Waals surface area contributed by atoms with Gasteiger partial charge in [0.15, 0.2) is 0 Å². The fraction of sp³-hybridized carbons (Fsp3) is 0.0625. The first-order chi connectivity index (χ1) is 17.6. The maximum absolute atomic E-state index is 6.21. The van der Waals surface area contributed by atoms with Crippen molar-refractivity contribution >= 4 is 17.5 Å². The van der Waals surface area contributed by atoms with Crippen LogP contribution < -0.4 is 22.7 Å². The molecule has 4 heteroatoms. The molecule has 4 aromatic rings. The SMILES string of the molecule is C=C/C=C\C(=C/c1ccccc1-c1ccccc1N)Cc1ccccc1.CNN.Nc1ccccc1. The molecule has 0 fully saturated rings. The molecule has 0 aliphatic carbocycles. The highest BCUT2D eigenvalue weighted by molar-refractivity contribution is 5.83. The number of hydrazine groups is 1. The molecule has 4 nitrogen and oxygen atoms in total. The summed E-state index contributed by atoms with van der Waals surface area (Å²) >= 11 is 0. The van der Waals surface area contributed by atoms with E-state index in [-0.39, 0.29) is 0 Å². The van der Waals surface area contributed by atoms with Gasteiger partial charge in [0, 0.05) is 16.9 Å². The monoisotopic (exact) mass is 476 g/mol. The van der Waals surface area contributed by atoms with Crippen LogP contribution in [0.2, 0.25) is 0 Å². The Morgan fingerprint density at radius 3 is 1.83 bits per heavy atom. The summed E-state index contributed by atoms with van der Waals surface area (Å²) in [5.74, 6) is 4.60. The minimum Gasteiger partial charge on any atom is -0.399 e. The predicted molar refractivity (Wildman–Crippen MR) is 158 cm³/mol. The average molecular weight is 477 g/mol. The van der Waals surface area contributed by atoms with Gasteiger partial charge in [0.1, 0.15) is 0 Å². The summed E-state index contributed by atoms with van der Waals surface area (Å²) in [6, 6.07) is 36.3. The predicted octanol–water partition coefficient (Wildman–Crippen LogP) is 6.65. The van der Waals surface area contributed by atoms with E-state index in [9.17, 15) is 0 Å². The largest absolute Gasteiger partial charge is 0.399 e. The third kappa shape index (κ3) is 9.85. The smallest absolute Gasteiger partial charge is 0.0393 e. The van der Waals surface area contributed by atoms with Crippen LogP contribution in [0.15, 0.2) is 140 Å². The number of nitrogen functional groups attached to an aromatic ring is 2. The van der Waals surface area contributed by atoms with Crippen LogP contribution in [0.5, 0.6) is 0 Å². The quantitative estimate of drug-likeness (QED) is 0.108. The van der Waals surface area contributed by atoms with Gasteiger partial charge in [0.05, 0.1) is 0 Å². The Hall–Kier alpha value is -4.38. The molecule has 0 aliphatic heterocycles. The molecule has 4 rings (SSSR count). The van der Waals surface area contributed by atoms with Crippen molar-refractivity contribution in [3.8, 4) is 11.1 Å². The van der Waals surface area contributed by atoms with E-state index in [1.165, 1.54) is 11.1 Å². The van der Waals surface area contributed by atoms with Crippen LogP contribution in [-0.4, -0.2) is 7.05 Å². The summed E-state index contributed by atoms with van der Waals surface area (Å²) in [7, 11) is 1.65. The molecule has 0 spiro atoms. The summed E-state index contributed by atoms with van der Waals surface area (Å²) in [5.41, 5.74) is 21.3. The standard InChI is InChI=1S/C25H23N.C6H7N.CH6N2/c1-2-3-11-21(18-20-12-5-4-6-13-20)19-22-14-7-8-15-23(22)24-16-9-10-17-25(24)26;7-6-4-2-1-3-5-6;1-3-2/h2-17,19H,1,18,26H2;1-5H,7H2;3H,2H2,1H3/b11-3-,21-19+;;. The second-order valence-electron chi connectivity index (χ2n) is 7.85. The number of anilines is 2. The van der Waals surface area contributed by atoms with Crippen LogP contribution in [0.4, 0.5) is 11.4 Å². The zero-order valence-electron chi connectivity index (χ0n) is 20.8. The van der Waals surface area contributed by atoms with E-state index in [4.69, 9.17) is 11.5 Å². The topological polar surface area (TPSA) is 90.1 Å². The van der Waals surface area contributed by atoms with E-state index in [1.807, 2.05) is 60.7 Å². The summed E-state index contributed by atoms with van der Waals surface area (Å²) in [5, 5.41) is 0. The fourth-order valence-corrected chi connectivity index (χ4v) is 3.44. The van der Waals surface area contributed by atoms with Gasteiger partial charge in [-0.15, -0.1) is 0 Å². The second kappa shape index (κ2) is 16.3. The van der Waals surface area contributed by atoms with Crippen LogP contribution in [0.25, 0.3) is 17.2 Å². The lowest BCUT2D eigenvalue weighted by Crippen LogP contribution is -2.13. The normalized spacial score (nSPS) is 10.6. The number of para-hydroxylation sites is 2. The van der Waals surface area contributed by atoms with Crippen molar-refractivity contribution in [3.63, 3.8) is 0 Å². The average Bonchev–Trinajstić information content (AvgIpc) is 2.90. The third-order valence-electron chi connectivity index (χ3n) is 5.05. The number of nitrogens with one attached hydrogen (secondary N) is 1. The van der Waals surface area contributed by atoms with Crippen molar-refractivity contribution in [2.45, 2.75) is 6.42 Å². The Labute approximate surface area is 215 Å². The molecule has 0 aliphatic rings. The number of hydrogen-bond donors (Lipinski definition) is 4. The van der Waals surface area contributed by atoms with Gasteiger partial charge in [-0.05, 0) is 53.9 Å². The maximum Gasteiger partial charge on any atom is 0.0393 e. The molecular weight excluding hydrogens is 440 g/mol. The first-order valence-electron chi connectivity index (χ1n) is 11.7. The molecule has 0 saturated heterocycles. The van der Waals surface area contributed by atoms with E-state index in [0.29, 0.717) is 0 Å². The van der Waals surface area contributed by atoms with Gasteiger partial charge < -0.3 is 11.5 Å². The van der Waals surface area contributed by atoms with E-state index < -0.39 is 0 Å². The van der Waals surface area contributed by atoms with E-state index in [1.54, 1.807) is 13.1 Å². The molecule has 0 atom stereocenters. The molecule has 0 unspecified atom stereocenters. The van der Waals surface area contributed by atoms with Gasteiger partial charge in [-0.1, -0.05) is 122 Å². The number of benzene rings is 4. The van der Waals surface area contributed by atoms with Crippen LogP contribution >= 0.6 is 0 Å². The molecule has 0 bridgehead atoms. The number of hydrogen-bond acceptors (Lipinski definition) is 4. The van der Waals surface area contributed by atoms with Gasteiger partial charge in [0.25, 0.3) is 0 Å². The molecular formula is C32H36N4. The molecule has 0 radical (unpaired) electrons. The fourth-order valence-electron chi connectivity index (χ4n) is 3.44. The minimum atomic E-state index is 0.791. The third-order valence-corrected chi connectivity index (χ3v) is 5.05.